The van der Waals surface area contributed by atoms with Crippen molar-refractivity contribution in [2.45, 2.75) is 39.2 Å². The first-order chi connectivity index (χ1) is 16.9. The Kier molecular flexibility index (Phi) is 8.61. The van der Waals surface area contributed by atoms with Crippen LogP contribution in [-0.2, 0) is 6.54 Å². The van der Waals surface area contributed by atoms with E-state index in [0.29, 0.717) is 22.2 Å². The Bertz CT molecular complexity index is 1210. The molecule has 0 spiro atoms. The van der Waals surface area contributed by atoms with E-state index in [1.165, 1.54) is 6.07 Å². The fourth-order valence-electron chi connectivity index (χ4n) is 3.48. The molecule has 0 radical (unpaired) electrons. The van der Waals surface area contributed by atoms with E-state index in [4.69, 9.17) is 0 Å². The number of anilines is 2. The fourth-order valence-corrected chi connectivity index (χ4v) is 4.14. The minimum atomic E-state index is -4.77. The molecule has 3 rings (SSSR count). The molecule has 0 saturated heterocycles. The largest absolute Gasteiger partial charge is 0.401 e. The Morgan fingerprint density at radius 3 is 2.47 bits per heavy atom. The number of rotatable bonds is 10. The van der Waals surface area contributed by atoms with Crippen LogP contribution in [0.3, 0.4) is 0 Å². The van der Waals surface area contributed by atoms with E-state index in [1.54, 1.807) is 20.2 Å². The van der Waals surface area contributed by atoms with Crippen molar-refractivity contribution in [3.8, 4) is 0 Å². The van der Waals surface area contributed by atoms with Crippen LogP contribution in [0.25, 0.3) is 11.2 Å². The highest BCUT2D eigenvalue weighted by molar-refractivity contribution is 7.10. The summed E-state index contributed by atoms with van der Waals surface area (Å²) in [5, 5.41) is 6.47. The van der Waals surface area contributed by atoms with E-state index in [2.05, 4.69) is 25.0 Å². The van der Waals surface area contributed by atoms with Gasteiger partial charge in [-0.25, -0.2) is 9.97 Å². The third-order valence-corrected chi connectivity index (χ3v) is 5.48. The van der Waals surface area contributed by atoms with Crippen LogP contribution in [-0.4, -0.2) is 56.1 Å². The Morgan fingerprint density at radius 2 is 1.86 bits per heavy atom. The normalized spacial score (nSPS) is 13.3. The lowest BCUT2D eigenvalue weighted by molar-refractivity contribution is -0.181. The van der Waals surface area contributed by atoms with Crippen LogP contribution < -0.4 is 10.6 Å². The van der Waals surface area contributed by atoms with Crippen molar-refractivity contribution in [2.75, 3.05) is 25.5 Å². The number of halogens is 6. The van der Waals surface area contributed by atoms with E-state index < -0.39 is 32.0 Å². The molecule has 3 heterocycles. The second-order valence-corrected chi connectivity index (χ2v) is 8.75. The maximum absolute atomic E-state index is 12.8. The summed E-state index contributed by atoms with van der Waals surface area (Å²) in [7, 11) is 1.79. The molecule has 3 aromatic heterocycles. The summed E-state index contributed by atoms with van der Waals surface area (Å²) < 4.78 is 82.5. The monoisotopic (exact) mass is 533 g/mol. The molecular weight excluding hydrogens is 508 g/mol. The van der Waals surface area contributed by atoms with Crippen molar-refractivity contribution in [3.63, 3.8) is 0 Å². The van der Waals surface area contributed by atoms with Crippen molar-refractivity contribution >= 4 is 33.6 Å². The number of nitrogens with zero attached hydrogens (tertiary/aromatic N) is 5. The maximum atomic E-state index is 12.8. The van der Waals surface area contributed by atoms with Crippen LogP contribution in [0.5, 0.6) is 0 Å². The number of fused-ring (bicyclic) bond motifs is 1. The number of aromatic nitrogens is 4. The highest BCUT2D eigenvalue weighted by Crippen LogP contribution is 2.28. The van der Waals surface area contributed by atoms with Crippen molar-refractivity contribution in [1.29, 1.82) is 0 Å². The molecule has 14 heteroatoms. The average Bonchev–Trinajstić information content (AvgIpc) is 3.35. The number of imidazole rings is 1. The first-order valence-electron chi connectivity index (χ1n) is 10.9. The van der Waals surface area contributed by atoms with Crippen LogP contribution in [0.15, 0.2) is 36.8 Å². The maximum Gasteiger partial charge on any atom is 0.401 e. The van der Waals surface area contributed by atoms with Gasteiger partial charge >= 0.3 is 12.4 Å². The predicted octanol–water partition coefficient (Wildman–Crippen LogP) is 5.69. The third-order valence-electron chi connectivity index (χ3n) is 4.73. The molecule has 0 aliphatic carbocycles. The van der Waals surface area contributed by atoms with Crippen LogP contribution >= 0.6 is 11.5 Å². The Balaban J connectivity index is 1.87. The molecule has 0 aliphatic heterocycles. The molecule has 0 bridgehead atoms. The number of hydrogen-bond acceptors (Lipinski definition) is 7. The molecule has 196 valence electrons. The third kappa shape index (κ3) is 7.68. The quantitative estimate of drug-likeness (QED) is 0.258. The van der Waals surface area contributed by atoms with Gasteiger partial charge in [0, 0.05) is 31.6 Å². The summed E-state index contributed by atoms with van der Waals surface area (Å²) in [6.07, 6.45) is 0.617. The van der Waals surface area contributed by atoms with Gasteiger partial charge in [-0.3, -0.25) is 9.30 Å². The molecular formula is C22H25F6N7S. The zero-order valence-electron chi connectivity index (χ0n) is 19.7. The van der Waals surface area contributed by atoms with Gasteiger partial charge in [-0.15, -0.1) is 0 Å². The lowest BCUT2D eigenvalue weighted by Gasteiger charge is -2.23. The van der Waals surface area contributed by atoms with E-state index in [-0.39, 0.29) is 10.6 Å². The Morgan fingerprint density at radius 1 is 1.17 bits per heavy atom. The van der Waals surface area contributed by atoms with Crippen LogP contribution in [0, 0.1) is 6.92 Å². The van der Waals surface area contributed by atoms with Crippen molar-refractivity contribution in [3.05, 3.63) is 53.9 Å². The standard InChI is InChI=1S/C22H25F6N7S/c1-4-5-6-15(8-29-3)17-9-30-20-19(31-14(2)10-35(17)20)32-18-7-16(33-36-18)11-34(12-21(23,24)25)13-22(26,27)28/h5-10,29H,4,11-13H2,1-3H3,(H,31,32)/b6-5+,15-8+. The molecule has 0 aliphatic rings. The van der Waals surface area contributed by atoms with Gasteiger partial charge in [0.2, 0.25) is 0 Å². The topological polar surface area (TPSA) is 70.4 Å². The number of hydrogen-bond donors (Lipinski definition) is 2. The summed E-state index contributed by atoms with van der Waals surface area (Å²) in [5.41, 5.74) is 2.93. The number of alkyl halides is 6. The van der Waals surface area contributed by atoms with Gasteiger partial charge < -0.3 is 10.6 Å². The average molecular weight is 534 g/mol. The summed E-state index contributed by atoms with van der Waals surface area (Å²) in [4.78, 5) is 9.20. The highest BCUT2D eigenvalue weighted by Gasteiger charge is 2.37. The molecule has 0 unspecified atom stereocenters. The zero-order valence-corrected chi connectivity index (χ0v) is 20.5. The molecule has 7 nitrogen and oxygen atoms in total. The van der Waals surface area contributed by atoms with Gasteiger partial charge in [-0.1, -0.05) is 19.1 Å². The summed E-state index contributed by atoms with van der Waals surface area (Å²) in [6, 6.07) is 1.41. The molecule has 36 heavy (non-hydrogen) atoms. The highest BCUT2D eigenvalue weighted by atomic mass is 32.1. The van der Waals surface area contributed by atoms with Gasteiger partial charge in [0.25, 0.3) is 0 Å². The lowest BCUT2D eigenvalue weighted by Crippen LogP contribution is -2.40. The second kappa shape index (κ2) is 11.3. The van der Waals surface area contributed by atoms with Crippen molar-refractivity contribution in [2.24, 2.45) is 0 Å². The van der Waals surface area contributed by atoms with Crippen LogP contribution in [0.2, 0.25) is 0 Å². The number of allylic oxidation sites excluding steroid dienone is 3. The van der Waals surface area contributed by atoms with Gasteiger partial charge in [-0.2, -0.15) is 30.7 Å². The first kappa shape index (κ1) is 27.5. The summed E-state index contributed by atoms with van der Waals surface area (Å²) >= 11 is 0.909. The molecule has 3 aromatic rings. The van der Waals surface area contributed by atoms with Gasteiger partial charge in [0.15, 0.2) is 11.5 Å². The van der Waals surface area contributed by atoms with E-state index in [9.17, 15) is 26.3 Å². The SMILES string of the molecule is CC/C=C/C(=C\NC)c1cnc2c(Nc3cc(CN(CC(F)(F)F)CC(F)(F)F)ns3)nc(C)cn12. The first-order valence-corrected chi connectivity index (χ1v) is 11.6. The molecule has 0 saturated carbocycles. The fraction of sp³-hybridized carbons (Fsp3) is 0.409. The van der Waals surface area contributed by atoms with Gasteiger partial charge in [0.05, 0.1) is 36.4 Å². The van der Waals surface area contributed by atoms with Crippen LogP contribution in [0.4, 0.5) is 37.2 Å². The minimum Gasteiger partial charge on any atom is -0.393 e. The summed E-state index contributed by atoms with van der Waals surface area (Å²) in [5.74, 6) is 0.377. The van der Waals surface area contributed by atoms with E-state index in [0.717, 1.165) is 29.2 Å². The molecule has 2 N–H and O–H groups in total. The Hall–Kier alpha value is -3.13. The predicted molar refractivity (Wildman–Crippen MR) is 127 cm³/mol. The zero-order chi connectivity index (χ0) is 26.5. The molecule has 0 atom stereocenters. The molecule has 0 fully saturated rings. The smallest absolute Gasteiger partial charge is 0.393 e. The number of aryl methyl sites for hydroxylation is 1. The van der Waals surface area contributed by atoms with Crippen LogP contribution in [0.1, 0.15) is 30.4 Å². The molecule has 0 amide bonds. The van der Waals surface area contributed by atoms with Crippen molar-refractivity contribution in [1.82, 2.24) is 29.0 Å². The molecule has 0 aromatic carbocycles. The van der Waals surface area contributed by atoms with E-state index >= 15 is 0 Å². The van der Waals surface area contributed by atoms with Gasteiger partial charge in [-0.05, 0) is 30.9 Å². The number of nitrogens with one attached hydrogen (secondary N) is 2. The Labute approximate surface area is 207 Å². The minimum absolute atomic E-state index is 0.0765. The van der Waals surface area contributed by atoms with Gasteiger partial charge in [0.1, 0.15) is 5.00 Å². The van der Waals surface area contributed by atoms with Crippen molar-refractivity contribution < 1.29 is 26.3 Å². The van der Waals surface area contributed by atoms with E-state index in [1.807, 2.05) is 35.9 Å². The summed E-state index contributed by atoms with van der Waals surface area (Å²) in [6.45, 7) is -0.185. The second-order valence-electron chi connectivity index (χ2n) is 7.95. The lowest BCUT2D eigenvalue weighted by atomic mass is 10.2.